The Morgan fingerprint density at radius 3 is 2.61 bits per heavy atom. The van der Waals surface area contributed by atoms with Crippen LogP contribution in [0.3, 0.4) is 0 Å². The van der Waals surface area contributed by atoms with Crippen molar-refractivity contribution in [2.75, 3.05) is 0 Å². The van der Waals surface area contributed by atoms with Crippen LogP contribution in [-0.2, 0) is 6.54 Å². The van der Waals surface area contributed by atoms with Crippen molar-refractivity contribution in [2.45, 2.75) is 45.2 Å². The molecule has 0 atom stereocenters. The molecule has 192 valence electrons. The number of nitriles is 1. The van der Waals surface area contributed by atoms with Gasteiger partial charge in [-0.25, -0.2) is 4.79 Å². The first-order valence-electron chi connectivity index (χ1n) is 12.5. The average molecular weight is 528 g/mol. The molecule has 9 heteroatoms. The van der Waals surface area contributed by atoms with Gasteiger partial charge in [0.2, 0.25) is 0 Å². The Morgan fingerprint density at radius 1 is 1.16 bits per heavy atom. The number of rotatable bonds is 6. The van der Waals surface area contributed by atoms with Gasteiger partial charge < -0.3 is 5.32 Å². The maximum Gasteiger partial charge on any atom is 0.333 e. The van der Waals surface area contributed by atoms with E-state index in [2.05, 4.69) is 16.4 Å². The second-order valence-corrected chi connectivity index (χ2v) is 10.1. The first kappa shape index (κ1) is 25.4. The molecule has 0 radical (unpaired) electrons. The molecular weight excluding hydrogens is 502 g/mol. The van der Waals surface area contributed by atoms with Gasteiger partial charge in [0.15, 0.2) is 0 Å². The van der Waals surface area contributed by atoms with Crippen molar-refractivity contribution in [3.63, 3.8) is 0 Å². The van der Waals surface area contributed by atoms with Crippen molar-refractivity contribution in [1.29, 1.82) is 5.26 Å². The molecular formula is C29H26ClN5O3. The summed E-state index contributed by atoms with van der Waals surface area (Å²) in [4.78, 5) is 41.8. The summed E-state index contributed by atoms with van der Waals surface area (Å²) in [7, 11) is 0. The number of halogens is 1. The summed E-state index contributed by atoms with van der Waals surface area (Å²) < 4.78 is 3.32. The van der Waals surface area contributed by atoms with Crippen LogP contribution in [0.4, 0.5) is 0 Å². The third-order valence-corrected chi connectivity index (χ3v) is 7.48. The van der Waals surface area contributed by atoms with E-state index in [1.165, 1.54) is 12.3 Å². The lowest BCUT2D eigenvalue weighted by Gasteiger charge is -2.29. The van der Waals surface area contributed by atoms with Crippen LogP contribution >= 0.6 is 11.6 Å². The molecule has 1 saturated carbocycles. The Labute approximate surface area is 224 Å². The van der Waals surface area contributed by atoms with Crippen LogP contribution in [0.25, 0.3) is 16.7 Å². The average Bonchev–Trinajstić information content (AvgIpc) is 3.21. The molecule has 38 heavy (non-hydrogen) atoms. The zero-order valence-corrected chi connectivity index (χ0v) is 21.6. The number of carbonyl (C=O) groups excluding carboxylic acids is 2. The van der Waals surface area contributed by atoms with E-state index < -0.39 is 0 Å². The van der Waals surface area contributed by atoms with E-state index in [9.17, 15) is 19.6 Å². The minimum atomic E-state index is -0.221. The molecule has 0 bridgehead atoms. The van der Waals surface area contributed by atoms with E-state index >= 15 is 0 Å². The molecule has 4 aromatic rings. The Hall–Kier alpha value is -4.22. The number of fused-ring (bicyclic) bond motifs is 1. The summed E-state index contributed by atoms with van der Waals surface area (Å²) in [6.07, 6.45) is 5.55. The summed E-state index contributed by atoms with van der Waals surface area (Å²) in [5.41, 5.74) is 3.50. The molecule has 1 amide bonds. The number of aldehydes is 1. The Balaban J connectivity index is 1.35. The Bertz CT molecular complexity index is 1640. The van der Waals surface area contributed by atoms with Gasteiger partial charge in [-0.3, -0.25) is 23.7 Å². The molecule has 0 saturated heterocycles. The SMILES string of the molecule is Cc1ncc(Cl)cc1C(=O)N[C@H]1CC[C@H](Cn2c(=O)n(-c3ccc(C=O)cc3C#N)c3ccccc32)CC1. The van der Waals surface area contributed by atoms with Crippen LogP contribution in [0.15, 0.2) is 59.5 Å². The highest BCUT2D eigenvalue weighted by molar-refractivity contribution is 6.30. The lowest BCUT2D eigenvalue weighted by atomic mass is 9.85. The van der Waals surface area contributed by atoms with Crippen molar-refractivity contribution < 1.29 is 9.59 Å². The van der Waals surface area contributed by atoms with Gasteiger partial charge in [0.1, 0.15) is 12.4 Å². The lowest BCUT2D eigenvalue weighted by Crippen LogP contribution is -2.39. The molecule has 1 N–H and O–H groups in total. The van der Waals surface area contributed by atoms with Gasteiger partial charge in [-0.15, -0.1) is 0 Å². The van der Waals surface area contributed by atoms with E-state index in [-0.39, 0.29) is 29.1 Å². The molecule has 1 aliphatic carbocycles. The Morgan fingerprint density at radius 2 is 1.89 bits per heavy atom. The van der Waals surface area contributed by atoms with Gasteiger partial charge in [0.05, 0.1) is 38.6 Å². The summed E-state index contributed by atoms with van der Waals surface area (Å²) in [5, 5.41) is 13.2. The molecule has 0 aliphatic heterocycles. The van der Waals surface area contributed by atoms with Crippen LogP contribution in [0, 0.1) is 24.2 Å². The largest absolute Gasteiger partial charge is 0.349 e. The smallest absolute Gasteiger partial charge is 0.333 e. The molecule has 1 aliphatic rings. The zero-order valence-electron chi connectivity index (χ0n) is 20.9. The molecule has 2 heterocycles. The fraction of sp³-hybridized carbons (Fsp3) is 0.276. The predicted octanol–water partition coefficient (Wildman–Crippen LogP) is 4.82. The third-order valence-electron chi connectivity index (χ3n) is 7.27. The van der Waals surface area contributed by atoms with Crippen molar-refractivity contribution in [3.8, 4) is 11.8 Å². The minimum Gasteiger partial charge on any atom is -0.349 e. The number of nitrogens with zero attached hydrogens (tertiary/aromatic N) is 4. The molecule has 5 rings (SSSR count). The highest BCUT2D eigenvalue weighted by atomic mass is 35.5. The van der Waals surface area contributed by atoms with Crippen molar-refractivity contribution in [3.05, 3.63) is 92.6 Å². The maximum absolute atomic E-state index is 13.7. The number of hydrogen-bond donors (Lipinski definition) is 1. The first-order valence-corrected chi connectivity index (χ1v) is 12.9. The first-order chi connectivity index (χ1) is 18.4. The number of benzene rings is 2. The minimum absolute atomic E-state index is 0.0460. The number of hydrogen-bond acceptors (Lipinski definition) is 5. The predicted molar refractivity (Wildman–Crippen MR) is 145 cm³/mol. The third kappa shape index (κ3) is 4.85. The highest BCUT2D eigenvalue weighted by Gasteiger charge is 2.26. The van der Waals surface area contributed by atoms with Gasteiger partial charge in [-0.05, 0) is 74.9 Å². The second kappa shape index (κ2) is 10.6. The van der Waals surface area contributed by atoms with E-state index in [4.69, 9.17) is 11.6 Å². The van der Waals surface area contributed by atoms with E-state index in [0.717, 1.165) is 31.2 Å². The number of pyridine rings is 1. The van der Waals surface area contributed by atoms with Gasteiger partial charge in [-0.2, -0.15) is 5.26 Å². The van der Waals surface area contributed by atoms with Gasteiger partial charge >= 0.3 is 5.69 Å². The normalized spacial score (nSPS) is 17.2. The monoisotopic (exact) mass is 527 g/mol. The molecule has 2 aromatic carbocycles. The molecule has 0 unspecified atom stereocenters. The quantitative estimate of drug-likeness (QED) is 0.361. The van der Waals surface area contributed by atoms with E-state index in [1.807, 2.05) is 24.3 Å². The highest BCUT2D eigenvalue weighted by Crippen LogP contribution is 2.28. The zero-order chi connectivity index (χ0) is 26.8. The summed E-state index contributed by atoms with van der Waals surface area (Å²) in [6, 6.07) is 16.1. The molecule has 0 spiro atoms. The molecule has 1 fully saturated rings. The topological polar surface area (TPSA) is 110 Å². The summed E-state index contributed by atoms with van der Waals surface area (Å²) in [6.45, 7) is 2.32. The van der Waals surface area contributed by atoms with Crippen LogP contribution in [0.2, 0.25) is 5.02 Å². The van der Waals surface area contributed by atoms with Crippen LogP contribution < -0.4 is 11.0 Å². The van der Waals surface area contributed by atoms with Gasteiger partial charge in [0.25, 0.3) is 5.91 Å². The van der Waals surface area contributed by atoms with E-state index in [0.29, 0.717) is 45.9 Å². The number of nitrogens with one attached hydrogen (secondary N) is 1. The van der Waals surface area contributed by atoms with Crippen LogP contribution in [-0.4, -0.2) is 32.4 Å². The lowest BCUT2D eigenvalue weighted by molar-refractivity contribution is 0.0919. The van der Waals surface area contributed by atoms with Crippen LogP contribution in [0.1, 0.15) is 57.7 Å². The maximum atomic E-state index is 13.7. The summed E-state index contributed by atoms with van der Waals surface area (Å²) >= 11 is 6.02. The number of amides is 1. The fourth-order valence-electron chi connectivity index (χ4n) is 5.28. The van der Waals surface area contributed by atoms with Crippen molar-refractivity contribution in [2.24, 2.45) is 5.92 Å². The standard InChI is InChI=1S/C29H26ClN5O3/c1-18-24(13-22(30)15-32-18)28(37)33-23-9-6-19(7-10-23)16-34-26-4-2-3-5-27(26)35(29(34)38)25-11-8-20(17-36)12-21(25)14-31/h2-5,8,11-13,15,17,19,23H,6-7,9-10,16H2,1H3,(H,33,37)/t19-,23-. The fourth-order valence-corrected chi connectivity index (χ4v) is 5.44. The second-order valence-electron chi connectivity index (χ2n) is 9.70. The van der Waals surface area contributed by atoms with Crippen molar-refractivity contribution in [1.82, 2.24) is 19.4 Å². The number of aromatic nitrogens is 3. The van der Waals surface area contributed by atoms with Crippen molar-refractivity contribution >= 4 is 34.8 Å². The molecule has 8 nitrogen and oxygen atoms in total. The molecule has 2 aromatic heterocycles. The van der Waals surface area contributed by atoms with Gasteiger partial charge in [0, 0.05) is 24.3 Å². The number of imidazole rings is 1. The number of carbonyl (C=O) groups is 2. The number of aryl methyl sites for hydroxylation is 1. The summed E-state index contributed by atoms with van der Waals surface area (Å²) in [5.74, 6) is 0.0942. The van der Waals surface area contributed by atoms with E-state index in [1.54, 1.807) is 34.3 Å². The van der Waals surface area contributed by atoms with Gasteiger partial charge in [-0.1, -0.05) is 23.7 Å². The van der Waals surface area contributed by atoms with Crippen LogP contribution in [0.5, 0.6) is 0 Å². The number of para-hydroxylation sites is 2. The Kier molecular flexibility index (Phi) is 7.12.